The Hall–Kier alpha value is -3.17. The molecule has 3 aliphatic heterocycles. The van der Waals surface area contributed by atoms with Gasteiger partial charge in [0.25, 0.3) is 0 Å². The van der Waals surface area contributed by atoms with Crippen molar-refractivity contribution in [1.82, 2.24) is 9.80 Å². The minimum atomic E-state index is -1.09. The molecule has 0 radical (unpaired) electrons. The largest absolute Gasteiger partial charge is 0.494 e. The minimum absolute atomic E-state index is 0.0468. The zero-order valence-electron chi connectivity index (χ0n) is 28.8. The lowest BCUT2D eigenvalue weighted by atomic mass is 9.70. The molecule has 4 rings (SSSR count). The standard InChI is InChI=1S/C37H55N3O6/c1-9-21-38(26-15-17-27(18-16-26)45-11-3)32(42)29-28-19-20-37(46-28)30(29)33(43)39(23-13-12-14-24-41)31(37)34(44)40(22-10-2)36(7,8)25-35(4,5)6/h9-10,15-18,28-31,41H,1-2,11-14,19-25H2,3-8H3/t28-,29+,30-,31?,37?/m0/s1. The van der Waals surface area contributed by atoms with Crippen LogP contribution in [0.4, 0.5) is 5.69 Å². The van der Waals surface area contributed by atoms with Crippen LogP contribution < -0.4 is 9.64 Å². The van der Waals surface area contributed by atoms with Crippen LogP contribution in [-0.2, 0) is 19.1 Å². The predicted octanol–water partition coefficient (Wildman–Crippen LogP) is 5.37. The topological polar surface area (TPSA) is 99.6 Å². The van der Waals surface area contributed by atoms with E-state index in [2.05, 4.69) is 47.8 Å². The summed E-state index contributed by atoms with van der Waals surface area (Å²) in [4.78, 5) is 49.2. The van der Waals surface area contributed by atoms with Gasteiger partial charge in [-0.15, -0.1) is 13.2 Å². The fourth-order valence-electron chi connectivity index (χ4n) is 8.35. The molecule has 3 aliphatic rings. The van der Waals surface area contributed by atoms with Crippen LogP contribution in [0.2, 0.25) is 0 Å². The third kappa shape index (κ3) is 6.91. The molecule has 46 heavy (non-hydrogen) atoms. The molecule has 3 amide bonds. The van der Waals surface area contributed by atoms with Crippen molar-refractivity contribution in [3.05, 3.63) is 49.6 Å². The number of hydrogen-bond donors (Lipinski definition) is 1. The van der Waals surface area contributed by atoms with Crippen LogP contribution in [0.5, 0.6) is 5.75 Å². The number of carbonyl (C=O) groups excluding carboxylic acids is 3. The van der Waals surface area contributed by atoms with E-state index in [1.54, 1.807) is 22.0 Å². The van der Waals surface area contributed by atoms with E-state index in [-0.39, 0.29) is 36.3 Å². The van der Waals surface area contributed by atoms with Gasteiger partial charge in [-0.1, -0.05) is 32.9 Å². The second-order valence-electron chi connectivity index (χ2n) is 14.8. The fraction of sp³-hybridized carbons (Fsp3) is 0.649. The van der Waals surface area contributed by atoms with Crippen LogP contribution in [0.25, 0.3) is 0 Å². The SMILES string of the molecule is C=CCN(C(=O)[C@@H]1[C@@H]2CCC3(O2)C(C(=O)N(CC=C)C(C)(C)CC(C)(C)C)N(CCCCCO)C(=O)[C@H]13)c1ccc(OCC)cc1. The molecule has 1 aromatic carbocycles. The lowest BCUT2D eigenvalue weighted by Gasteiger charge is -2.45. The first kappa shape index (κ1) is 35.7. The quantitative estimate of drug-likeness (QED) is 0.193. The monoisotopic (exact) mass is 637 g/mol. The molecule has 3 fully saturated rings. The summed E-state index contributed by atoms with van der Waals surface area (Å²) in [7, 11) is 0. The van der Waals surface area contributed by atoms with Crippen molar-refractivity contribution in [2.45, 2.75) is 103 Å². The predicted molar refractivity (Wildman–Crippen MR) is 180 cm³/mol. The smallest absolute Gasteiger partial charge is 0.249 e. The van der Waals surface area contributed by atoms with Crippen LogP contribution in [0.1, 0.15) is 80.1 Å². The number of aliphatic hydroxyl groups excluding tert-OH is 1. The van der Waals surface area contributed by atoms with E-state index < -0.39 is 35.1 Å². The zero-order chi connectivity index (χ0) is 33.9. The molecule has 3 heterocycles. The second kappa shape index (κ2) is 14.3. The molecule has 1 spiro atoms. The first-order valence-corrected chi connectivity index (χ1v) is 16.9. The lowest BCUT2D eigenvalue weighted by Crippen LogP contribution is -2.61. The molecule has 3 saturated heterocycles. The highest BCUT2D eigenvalue weighted by atomic mass is 16.5. The lowest BCUT2D eigenvalue weighted by molar-refractivity contribution is -0.152. The van der Waals surface area contributed by atoms with E-state index in [9.17, 15) is 19.5 Å². The van der Waals surface area contributed by atoms with Gasteiger partial charge in [0.1, 0.15) is 17.4 Å². The number of carbonyl (C=O) groups is 3. The van der Waals surface area contributed by atoms with Crippen LogP contribution in [0, 0.1) is 17.3 Å². The Bertz CT molecular complexity index is 1270. The van der Waals surface area contributed by atoms with E-state index in [1.807, 2.05) is 36.1 Å². The third-order valence-corrected chi connectivity index (χ3v) is 9.68. The first-order valence-electron chi connectivity index (χ1n) is 16.9. The van der Waals surface area contributed by atoms with E-state index in [1.165, 1.54) is 0 Å². The Balaban J connectivity index is 1.74. The van der Waals surface area contributed by atoms with Crippen molar-refractivity contribution in [3.8, 4) is 5.75 Å². The number of nitrogens with zero attached hydrogens (tertiary/aromatic N) is 3. The normalized spacial score (nSPS) is 25.4. The van der Waals surface area contributed by atoms with Gasteiger partial charge in [-0.05, 0) is 89.0 Å². The van der Waals surface area contributed by atoms with Gasteiger partial charge in [0.05, 0.1) is 24.5 Å². The average Bonchev–Trinajstić information content (AvgIpc) is 3.63. The summed E-state index contributed by atoms with van der Waals surface area (Å²) in [5.41, 5.74) is -0.976. The van der Waals surface area contributed by atoms with E-state index >= 15 is 0 Å². The summed E-state index contributed by atoms with van der Waals surface area (Å²) < 4.78 is 12.4. The maximum Gasteiger partial charge on any atom is 0.249 e. The second-order valence-corrected chi connectivity index (χ2v) is 14.8. The van der Waals surface area contributed by atoms with E-state index in [4.69, 9.17) is 9.47 Å². The van der Waals surface area contributed by atoms with Crippen molar-refractivity contribution in [1.29, 1.82) is 0 Å². The first-order chi connectivity index (χ1) is 21.8. The maximum absolute atomic E-state index is 14.9. The Morgan fingerprint density at radius 2 is 1.74 bits per heavy atom. The van der Waals surface area contributed by atoms with Crippen LogP contribution in [0.3, 0.4) is 0 Å². The molecular formula is C37H55N3O6. The molecule has 2 bridgehead atoms. The zero-order valence-corrected chi connectivity index (χ0v) is 28.8. The summed E-state index contributed by atoms with van der Waals surface area (Å²) >= 11 is 0. The number of aliphatic hydroxyl groups is 1. The van der Waals surface area contributed by atoms with Gasteiger partial charge in [0.2, 0.25) is 17.7 Å². The van der Waals surface area contributed by atoms with E-state index in [0.29, 0.717) is 56.8 Å². The Morgan fingerprint density at radius 1 is 1.07 bits per heavy atom. The highest BCUT2D eigenvalue weighted by molar-refractivity contribution is 6.03. The number of benzene rings is 1. The van der Waals surface area contributed by atoms with Crippen LogP contribution in [-0.4, -0.2) is 88.8 Å². The highest BCUT2D eigenvalue weighted by Crippen LogP contribution is 2.59. The molecule has 5 atom stereocenters. The van der Waals surface area contributed by atoms with Crippen LogP contribution in [0.15, 0.2) is 49.6 Å². The number of rotatable bonds is 16. The Labute approximate surface area is 275 Å². The van der Waals surface area contributed by atoms with Gasteiger partial charge in [0, 0.05) is 37.5 Å². The van der Waals surface area contributed by atoms with Gasteiger partial charge in [-0.3, -0.25) is 14.4 Å². The molecule has 1 N–H and O–H groups in total. The van der Waals surface area contributed by atoms with Crippen molar-refractivity contribution in [3.63, 3.8) is 0 Å². The summed E-state index contributed by atoms with van der Waals surface area (Å²) in [6.45, 7) is 21.9. The minimum Gasteiger partial charge on any atom is -0.494 e. The highest BCUT2D eigenvalue weighted by Gasteiger charge is 2.75. The number of anilines is 1. The Kier molecular flexibility index (Phi) is 11.1. The van der Waals surface area contributed by atoms with Gasteiger partial charge < -0.3 is 29.3 Å². The van der Waals surface area contributed by atoms with Gasteiger partial charge >= 0.3 is 0 Å². The molecule has 0 aromatic heterocycles. The molecule has 254 valence electrons. The van der Waals surface area contributed by atoms with Crippen molar-refractivity contribution >= 4 is 23.4 Å². The number of likely N-dealkylation sites (tertiary alicyclic amines) is 1. The van der Waals surface area contributed by atoms with Gasteiger partial charge in [-0.25, -0.2) is 0 Å². The summed E-state index contributed by atoms with van der Waals surface area (Å²) in [5.74, 6) is -1.33. The van der Waals surface area contributed by atoms with Crippen molar-refractivity contribution < 1.29 is 29.0 Å². The maximum atomic E-state index is 14.9. The van der Waals surface area contributed by atoms with Gasteiger partial charge in [-0.2, -0.15) is 0 Å². The number of hydrogen-bond acceptors (Lipinski definition) is 6. The molecular weight excluding hydrogens is 582 g/mol. The number of fused-ring (bicyclic) bond motifs is 1. The number of unbranched alkanes of at least 4 members (excludes halogenated alkanes) is 2. The summed E-state index contributed by atoms with van der Waals surface area (Å²) in [5, 5.41) is 9.38. The molecule has 0 aliphatic carbocycles. The number of amides is 3. The molecule has 1 aromatic rings. The van der Waals surface area contributed by atoms with Crippen molar-refractivity contribution in [2.24, 2.45) is 17.3 Å². The molecule has 9 nitrogen and oxygen atoms in total. The molecule has 0 saturated carbocycles. The molecule has 9 heteroatoms. The molecule has 2 unspecified atom stereocenters. The van der Waals surface area contributed by atoms with E-state index in [0.717, 1.165) is 12.8 Å². The Morgan fingerprint density at radius 3 is 2.33 bits per heavy atom. The third-order valence-electron chi connectivity index (χ3n) is 9.68. The van der Waals surface area contributed by atoms with Crippen molar-refractivity contribution in [2.75, 3.05) is 37.7 Å². The average molecular weight is 638 g/mol. The van der Waals surface area contributed by atoms with Gasteiger partial charge in [0.15, 0.2) is 0 Å². The fourth-order valence-corrected chi connectivity index (χ4v) is 8.35. The summed E-state index contributed by atoms with van der Waals surface area (Å²) in [6, 6.07) is 6.50. The summed E-state index contributed by atoms with van der Waals surface area (Å²) in [6.07, 6.45) is 6.82. The van der Waals surface area contributed by atoms with Crippen LogP contribution >= 0.6 is 0 Å². The number of ether oxygens (including phenoxy) is 2.